The van der Waals surface area contributed by atoms with Crippen LogP contribution in [0, 0.1) is 28.7 Å². The molecule has 0 unspecified atom stereocenters. The van der Waals surface area contributed by atoms with Crippen molar-refractivity contribution in [3.8, 4) is 17.9 Å². The van der Waals surface area contributed by atoms with Crippen LogP contribution in [0.1, 0.15) is 24.0 Å². The molecule has 1 amide bonds. The Labute approximate surface area is 199 Å². The number of nitrogens with zero attached hydrogens (tertiary/aromatic N) is 6. The highest BCUT2D eigenvalue weighted by molar-refractivity contribution is 5.92. The van der Waals surface area contributed by atoms with Gasteiger partial charge in [-0.2, -0.15) is 10.5 Å². The van der Waals surface area contributed by atoms with Crippen LogP contribution >= 0.6 is 0 Å². The number of nitrogens with one attached hydrogen (secondary N) is 1. The van der Waals surface area contributed by atoms with Crippen LogP contribution in [0.5, 0.6) is 0 Å². The Morgan fingerprint density at radius 1 is 1.26 bits per heavy atom. The van der Waals surface area contributed by atoms with E-state index in [-0.39, 0.29) is 11.8 Å². The van der Waals surface area contributed by atoms with Crippen molar-refractivity contribution in [2.45, 2.75) is 19.4 Å². The normalized spacial score (nSPS) is 18.4. The molecule has 0 radical (unpaired) electrons. The fraction of sp³-hybridized carbons (Fsp3) is 0.500. The number of likely N-dealkylation sites (tertiary alicyclic amines) is 1. The molecule has 2 fully saturated rings. The van der Waals surface area contributed by atoms with Crippen molar-refractivity contribution in [2.75, 3.05) is 57.9 Å². The van der Waals surface area contributed by atoms with Crippen LogP contribution in [0.3, 0.4) is 0 Å². The fourth-order valence-corrected chi connectivity index (χ4v) is 4.19. The SMILES string of the molecule is N#Cc1ccc(-n2cnc(NC(=O)[C@H]3CCN(C#N)C3)c2)cc1COCCCN1CCOCC1. The van der Waals surface area contributed by atoms with E-state index in [2.05, 4.69) is 27.5 Å². The van der Waals surface area contributed by atoms with Gasteiger partial charge in [0.1, 0.15) is 6.33 Å². The lowest BCUT2D eigenvalue weighted by Crippen LogP contribution is -2.37. The molecule has 3 heterocycles. The Kier molecular flexibility index (Phi) is 8.10. The number of imidazole rings is 1. The second kappa shape index (κ2) is 11.6. The van der Waals surface area contributed by atoms with E-state index in [0.717, 1.165) is 50.5 Å². The molecule has 34 heavy (non-hydrogen) atoms. The van der Waals surface area contributed by atoms with Crippen LogP contribution in [0.4, 0.5) is 5.82 Å². The smallest absolute Gasteiger partial charge is 0.230 e. The van der Waals surface area contributed by atoms with Gasteiger partial charge in [-0.15, -0.1) is 0 Å². The average Bonchev–Trinajstić information content (AvgIpc) is 3.54. The first-order valence-corrected chi connectivity index (χ1v) is 11.6. The maximum absolute atomic E-state index is 12.5. The second-order valence-electron chi connectivity index (χ2n) is 8.50. The number of anilines is 1. The molecule has 1 N–H and O–H groups in total. The third-order valence-corrected chi connectivity index (χ3v) is 6.17. The molecule has 10 heteroatoms. The van der Waals surface area contributed by atoms with E-state index in [0.29, 0.717) is 44.1 Å². The predicted molar refractivity (Wildman–Crippen MR) is 124 cm³/mol. The molecule has 10 nitrogen and oxygen atoms in total. The molecular weight excluding hydrogens is 434 g/mol. The van der Waals surface area contributed by atoms with E-state index >= 15 is 0 Å². The van der Waals surface area contributed by atoms with E-state index < -0.39 is 0 Å². The summed E-state index contributed by atoms with van der Waals surface area (Å²) >= 11 is 0. The Bertz CT molecular complexity index is 1070. The standard InChI is InChI=1S/C24H29N7O3/c25-13-19-2-3-22(12-21(19)16-34-9-1-5-29-7-10-33-11-8-29)31-15-23(27-18-31)28-24(32)20-4-6-30(14-20)17-26/h2-3,12,15,18,20H,1,4-11,14,16H2,(H,28,32)/t20-/m0/s1. The van der Waals surface area contributed by atoms with Crippen molar-refractivity contribution < 1.29 is 14.3 Å². The van der Waals surface area contributed by atoms with Crippen LogP contribution in [0.15, 0.2) is 30.7 Å². The van der Waals surface area contributed by atoms with Gasteiger partial charge in [-0.25, -0.2) is 4.98 Å². The number of nitriles is 2. The molecule has 178 valence electrons. The number of carbonyl (C=O) groups excluding carboxylic acids is 1. The molecule has 4 rings (SSSR count). The first-order valence-electron chi connectivity index (χ1n) is 11.6. The molecule has 2 saturated heterocycles. The highest BCUT2D eigenvalue weighted by Crippen LogP contribution is 2.20. The molecule has 0 bridgehead atoms. The molecule has 0 spiro atoms. The molecule has 0 saturated carbocycles. The van der Waals surface area contributed by atoms with Gasteiger partial charge in [0.2, 0.25) is 5.91 Å². The largest absolute Gasteiger partial charge is 0.379 e. The van der Waals surface area contributed by atoms with Crippen molar-refractivity contribution in [2.24, 2.45) is 5.92 Å². The average molecular weight is 464 g/mol. The maximum Gasteiger partial charge on any atom is 0.230 e. The lowest BCUT2D eigenvalue weighted by molar-refractivity contribution is -0.119. The minimum Gasteiger partial charge on any atom is -0.379 e. The number of hydrogen-bond donors (Lipinski definition) is 1. The summed E-state index contributed by atoms with van der Waals surface area (Å²) in [6.07, 6.45) is 7.04. The van der Waals surface area contributed by atoms with Gasteiger partial charge in [0.25, 0.3) is 0 Å². The van der Waals surface area contributed by atoms with Crippen molar-refractivity contribution in [3.05, 3.63) is 41.9 Å². The summed E-state index contributed by atoms with van der Waals surface area (Å²) in [5.41, 5.74) is 2.22. The number of aromatic nitrogens is 2. The van der Waals surface area contributed by atoms with Gasteiger partial charge in [-0.3, -0.25) is 9.69 Å². The van der Waals surface area contributed by atoms with E-state index in [1.807, 2.05) is 12.1 Å². The zero-order valence-electron chi connectivity index (χ0n) is 19.2. The van der Waals surface area contributed by atoms with Gasteiger partial charge in [-0.1, -0.05) is 0 Å². The third-order valence-electron chi connectivity index (χ3n) is 6.17. The Morgan fingerprint density at radius 3 is 2.88 bits per heavy atom. The van der Waals surface area contributed by atoms with Gasteiger partial charge < -0.3 is 24.3 Å². The van der Waals surface area contributed by atoms with Crippen LogP contribution in [-0.4, -0.2) is 77.8 Å². The number of morpholine rings is 1. The topological polar surface area (TPSA) is 119 Å². The summed E-state index contributed by atoms with van der Waals surface area (Å²) in [6, 6.07) is 7.75. The Balaban J connectivity index is 1.31. The van der Waals surface area contributed by atoms with Crippen molar-refractivity contribution >= 4 is 11.7 Å². The zero-order valence-corrected chi connectivity index (χ0v) is 19.2. The van der Waals surface area contributed by atoms with Crippen LogP contribution in [0.2, 0.25) is 0 Å². The number of carbonyl (C=O) groups is 1. The third kappa shape index (κ3) is 6.12. The first kappa shape index (κ1) is 23.7. The van der Waals surface area contributed by atoms with Crippen molar-refractivity contribution in [1.29, 1.82) is 10.5 Å². The Hall–Kier alpha value is -3.44. The quantitative estimate of drug-likeness (QED) is 0.441. The molecule has 2 aromatic rings. The summed E-state index contributed by atoms with van der Waals surface area (Å²) in [7, 11) is 0. The fourth-order valence-electron chi connectivity index (χ4n) is 4.19. The number of hydrogen-bond acceptors (Lipinski definition) is 8. The number of ether oxygens (including phenoxy) is 2. The monoisotopic (exact) mass is 463 g/mol. The van der Waals surface area contributed by atoms with Crippen LogP contribution in [-0.2, 0) is 20.9 Å². The number of rotatable bonds is 9. The molecule has 1 aromatic heterocycles. The summed E-state index contributed by atoms with van der Waals surface area (Å²) in [5, 5.41) is 21.3. The van der Waals surface area contributed by atoms with Gasteiger partial charge in [-0.05, 0) is 36.6 Å². The lowest BCUT2D eigenvalue weighted by Gasteiger charge is -2.26. The van der Waals surface area contributed by atoms with Crippen molar-refractivity contribution in [3.63, 3.8) is 0 Å². The summed E-state index contributed by atoms with van der Waals surface area (Å²) in [6.45, 7) is 6.51. The first-order chi connectivity index (χ1) is 16.7. The summed E-state index contributed by atoms with van der Waals surface area (Å²) in [5.74, 6) is 0.103. The predicted octanol–water partition coefficient (Wildman–Crippen LogP) is 1.72. The number of amides is 1. The van der Waals surface area contributed by atoms with Crippen molar-refractivity contribution in [1.82, 2.24) is 19.4 Å². The minimum absolute atomic E-state index is 0.131. The van der Waals surface area contributed by atoms with Gasteiger partial charge in [0.15, 0.2) is 12.0 Å². The van der Waals surface area contributed by atoms with Gasteiger partial charge >= 0.3 is 0 Å². The van der Waals surface area contributed by atoms with E-state index in [1.54, 1.807) is 28.1 Å². The molecular formula is C24H29N7O3. The summed E-state index contributed by atoms with van der Waals surface area (Å²) in [4.78, 5) is 20.7. The summed E-state index contributed by atoms with van der Waals surface area (Å²) < 4.78 is 13.0. The molecule has 0 aliphatic carbocycles. The van der Waals surface area contributed by atoms with E-state index in [9.17, 15) is 10.1 Å². The van der Waals surface area contributed by atoms with Gasteiger partial charge in [0.05, 0.1) is 43.6 Å². The Morgan fingerprint density at radius 2 is 2.12 bits per heavy atom. The molecule has 1 aromatic carbocycles. The zero-order chi connectivity index (χ0) is 23.8. The van der Waals surface area contributed by atoms with Crippen LogP contribution in [0.25, 0.3) is 5.69 Å². The molecule has 2 aliphatic heterocycles. The second-order valence-corrected chi connectivity index (χ2v) is 8.50. The van der Waals surface area contributed by atoms with Gasteiger partial charge in [0, 0.05) is 45.0 Å². The van der Waals surface area contributed by atoms with E-state index in [1.165, 1.54) is 0 Å². The highest BCUT2D eigenvalue weighted by atomic mass is 16.5. The van der Waals surface area contributed by atoms with Crippen LogP contribution < -0.4 is 5.32 Å². The number of benzene rings is 1. The molecule has 1 atom stereocenters. The van der Waals surface area contributed by atoms with E-state index in [4.69, 9.17) is 14.7 Å². The molecule has 2 aliphatic rings. The highest BCUT2D eigenvalue weighted by Gasteiger charge is 2.28. The minimum atomic E-state index is -0.216. The lowest BCUT2D eigenvalue weighted by atomic mass is 10.1. The maximum atomic E-state index is 12.5.